The Morgan fingerprint density at radius 3 is 2.27 bits per heavy atom. The molecule has 0 unspecified atom stereocenters. The second kappa shape index (κ2) is 6.37. The van der Waals surface area contributed by atoms with Gasteiger partial charge in [-0.05, 0) is 38.0 Å². The van der Waals surface area contributed by atoms with Gasteiger partial charge < -0.3 is 4.74 Å². The van der Waals surface area contributed by atoms with Crippen molar-refractivity contribution >= 4 is 23.2 Å². The van der Waals surface area contributed by atoms with Crippen molar-refractivity contribution < 1.29 is 4.74 Å². The average molecular weight is 247 g/mol. The van der Waals surface area contributed by atoms with Crippen LogP contribution in [-0.4, -0.2) is 12.0 Å². The molecule has 0 aliphatic rings. The lowest BCUT2D eigenvalue weighted by molar-refractivity contribution is 0.00499. The summed E-state index contributed by atoms with van der Waals surface area (Å²) in [6.45, 7) is 4.05. The lowest BCUT2D eigenvalue weighted by Gasteiger charge is -2.20. The van der Waals surface area contributed by atoms with Crippen molar-refractivity contribution in [2.45, 2.75) is 32.5 Å². The summed E-state index contributed by atoms with van der Waals surface area (Å²) >= 11 is 11.6. The van der Waals surface area contributed by atoms with E-state index in [0.717, 1.165) is 17.0 Å². The van der Waals surface area contributed by atoms with E-state index in [1.54, 1.807) is 0 Å². The molecule has 0 bridgehead atoms. The van der Waals surface area contributed by atoms with Gasteiger partial charge in [-0.25, -0.2) is 0 Å². The summed E-state index contributed by atoms with van der Waals surface area (Å²) in [5.74, 6) is 0.597. The highest BCUT2D eigenvalue weighted by Gasteiger charge is 2.12. The molecule has 0 aliphatic heterocycles. The van der Waals surface area contributed by atoms with Crippen LogP contribution in [0.2, 0.25) is 5.02 Å². The maximum atomic E-state index is 5.83. The van der Waals surface area contributed by atoms with Gasteiger partial charge in [-0.1, -0.05) is 23.7 Å². The van der Waals surface area contributed by atoms with E-state index in [0.29, 0.717) is 5.88 Å². The van der Waals surface area contributed by atoms with Crippen LogP contribution < -0.4 is 0 Å². The standard InChI is InChI=1S/C12H16Cl2O/c1-9(2)15-12(7-8-13)10-3-5-11(14)6-4-10/h3-6,9,12H,7-8H2,1-2H3/t12-/m0/s1. The van der Waals surface area contributed by atoms with E-state index in [4.69, 9.17) is 27.9 Å². The van der Waals surface area contributed by atoms with Crippen LogP contribution in [0, 0.1) is 0 Å². The van der Waals surface area contributed by atoms with Gasteiger partial charge in [-0.3, -0.25) is 0 Å². The maximum Gasteiger partial charge on any atom is 0.0839 e. The van der Waals surface area contributed by atoms with Gasteiger partial charge in [0.25, 0.3) is 0 Å². The molecule has 1 aromatic carbocycles. The number of hydrogen-bond donors (Lipinski definition) is 0. The number of alkyl halides is 1. The van der Waals surface area contributed by atoms with Gasteiger partial charge in [0, 0.05) is 10.9 Å². The van der Waals surface area contributed by atoms with Gasteiger partial charge in [0.1, 0.15) is 0 Å². The highest BCUT2D eigenvalue weighted by molar-refractivity contribution is 6.30. The third-order valence-corrected chi connectivity index (χ3v) is 2.52. The topological polar surface area (TPSA) is 9.23 Å². The van der Waals surface area contributed by atoms with Crippen LogP contribution in [-0.2, 0) is 4.74 Å². The summed E-state index contributed by atoms with van der Waals surface area (Å²) in [5, 5.41) is 0.743. The second-order valence-corrected chi connectivity index (χ2v) is 4.52. The first kappa shape index (κ1) is 12.8. The third-order valence-electron chi connectivity index (χ3n) is 2.05. The lowest BCUT2D eigenvalue weighted by Crippen LogP contribution is -2.11. The Morgan fingerprint density at radius 2 is 1.80 bits per heavy atom. The normalized spacial score (nSPS) is 13.1. The van der Waals surface area contributed by atoms with Crippen molar-refractivity contribution in [1.82, 2.24) is 0 Å². The maximum absolute atomic E-state index is 5.83. The molecule has 0 N–H and O–H groups in total. The minimum atomic E-state index is 0.0692. The predicted octanol–water partition coefficient (Wildman–Crippen LogP) is 4.44. The van der Waals surface area contributed by atoms with E-state index in [2.05, 4.69) is 0 Å². The van der Waals surface area contributed by atoms with Crippen LogP contribution in [0.25, 0.3) is 0 Å². The Bertz CT molecular complexity index is 282. The van der Waals surface area contributed by atoms with E-state index < -0.39 is 0 Å². The molecule has 0 aromatic heterocycles. The second-order valence-electron chi connectivity index (χ2n) is 3.70. The highest BCUT2D eigenvalue weighted by atomic mass is 35.5. The SMILES string of the molecule is CC(C)O[C@@H](CCCl)c1ccc(Cl)cc1. The first-order chi connectivity index (χ1) is 7.13. The first-order valence-corrected chi connectivity index (χ1v) is 6.01. The van der Waals surface area contributed by atoms with Gasteiger partial charge in [0.15, 0.2) is 0 Å². The fraction of sp³-hybridized carbons (Fsp3) is 0.500. The van der Waals surface area contributed by atoms with Crippen molar-refractivity contribution in [2.24, 2.45) is 0 Å². The summed E-state index contributed by atoms with van der Waals surface area (Å²) < 4.78 is 5.79. The van der Waals surface area contributed by atoms with Gasteiger partial charge in [0.05, 0.1) is 12.2 Å². The summed E-state index contributed by atoms with van der Waals surface area (Å²) in [4.78, 5) is 0. The van der Waals surface area contributed by atoms with Gasteiger partial charge in [-0.2, -0.15) is 0 Å². The van der Waals surface area contributed by atoms with Crippen molar-refractivity contribution in [1.29, 1.82) is 0 Å². The summed E-state index contributed by atoms with van der Waals surface area (Å²) in [7, 11) is 0. The molecule has 3 heteroatoms. The van der Waals surface area contributed by atoms with Gasteiger partial charge >= 0.3 is 0 Å². The minimum absolute atomic E-state index is 0.0692. The Labute approximate surface area is 101 Å². The fourth-order valence-electron chi connectivity index (χ4n) is 1.42. The van der Waals surface area contributed by atoms with Crippen LogP contribution in [0.3, 0.4) is 0 Å². The van der Waals surface area contributed by atoms with Crippen LogP contribution in [0.4, 0.5) is 0 Å². The largest absolute Gasteiger partial charge is 0.371 e. The van der Waals surface area contributed by atoms with Crippen LogP contribution in [0.5, 0.6) is 0 Å². The molecule has 0 fully saturated rings. The van der Waals surface area contributed by atoms with E-state index in [1.807, 2.05) is 38.1 Å². The van der Waals surface area contributed by atoms with Crippen LogP contribution in [0.15, 0.2) is 24.3 Å². The van der Waals surface area contributed by atoms with E-state index in [-0.39, 0.29) is 12.2 Å². The molecule has 0 saturated heterocycles. The number of benzene rings is 1. The molecule has 1 nitrogen and oxygen atoms in total. The number of ether oxygens (including phenoxy) is 1. The monoisotopic (exact) mass is 246 g/mol. The van der Waals surface area contributed by atoms with E-state index in [1.165, 1.54) is 0 Å². The molecular weight excluding hydrogens is 231 g/mol. The van der Waals surface area contributed by atoms with Crippen LogP contribution in [0.1, 0.15) is 31.9 Å². The Morgan fingerprint density at radius 1 is 1.20 bits per heavy atom. The smallest absolute Gasteiger partial charge is 0.0839 e. The predicted molar refractivity (Wildman–Crippen MR) is 65.8 cm³/mol. The fourth-order valence-corrected chi connectivity index (χ4v) is 1.74. The zero-order chi connectivity index (χ0) is 11.3. The van der Waals surface area contributed by atoms with Crippen molar-refractivity contribution in [3.8, 4) is 0 Å². The number of rotatable bonds is 5. The summed E-state index contributed by atoms with van der Waals surface area (Å²) in [5.41, 5.74) is 1.13. The molecule has 0 heterocycles. The quantitative estimate of drug-likeness (QED) is 0.699. The zero-order valence-corrected chi connectivity index (χ0v) is 10.6. The summed E-state index contributed by atoms with van der Waals surface area (Å²) in [6, 6.07) is 7.73. The van der Waals surface area contributed by atoms with Crippen molar-refractivity contribution in [3.63, 3.8) is 0 Å². The molecule has 0 aliphatic carbocycles. The molecule has 0 amide bonds. The third kappa shape index (κ3) is 4.42. The van der Waals surface area contributed by atoms with Gasteiger partial charge in [-0.15, -0.1) is 11.6 Å². The Balaban J connectivity index is 2.74. The Hall–Kier alpha value is -0.240. The molecular formula is C12H16Cl2O. The molecule has 15 heavy (non-hydrogen) atoms. The molecule has 0 saturated carbocycles. The van der Waals surface area contributed by atoms with E-state index >= 15 is 0 Å². The Kier molecular flexibility index (Phi) is 5.44. The van der Waals surface area contributed by atoms with Crippen molar-refractivity contribution in [3.05, 3.63) is 34.9 Å². The number of hydrogen-bond acceptors (Lipinski definition) is 1. The summed E-state index contributed by atoms with van der Waals surface area (Å²) in [6.07, 6.45) is 1.09. The molecule has 1 atom stereocenters. The molecule has 0 radical (unpaired) electrons. The molecule has 1 aromatic rings. The van der Waals surface area contributed by atoms with Crippen molar-refractivity contribution in [2.75, 3.05) is 5.88 Å². The van der Waals surface area contributed by atoms with E-state index in [9.17, 15) is 0 Å². The molecule has 1 rings (SSSR count). The minimum Gasteiger partial charge on any atom is -0.371 e. The molecule has 0 spiro atoms. The average Bonchev–Trinajstić information content (AvgIpc) is 2.17. The highest BCUT2D eigenvalue weighted by Crippen LogP contribution is 2.24. The molecule has 84 valence electrons. The zero-order valence-electron chi connectivity index (χ0n) is 9.04. The van der Waals surface area contributed by atoms with Gasteiger partial charge in [0.2, 0.25) is 0 Å². The number of halogens is 2. The first-order valence-electron chi connectivity index (χ1n) is 5.10. The van der Waals surface area contributed by atoms with Crippen LogP contribution >= 0.6 is 23.2 Å². The lowest BCUT2D eigenvalue weighted by atomic mass is 10.1.